The molecule has 19 heavy (non-hydrogen) atoms. The van der Waals surface area contributed by atoms with Gasteiger partial charge in [0.25, 0.3) is 0 Å². The van der Waals surface area contributed by atoms with Crippen LogP contribution in [0.5, 0.6) is 0 Å². The number of hydrogen-bond donors (Lipinski definition) is 1. The topological polar surface area (TPSA) is 57.1 Å². The molecule has 0 aliphatic carbocycles. The van der Waals surface area contributed by atoms with Crippen LogP contribution in [0.2, 0.25) is 0 Å². The summed E-state index contributed by atoms with van der Waals surface area (Å²) < 4.78 is 0. The number of aryl methyl sites for hydroxylation is 1. The number of nitrogens with one attached hydrogen (secondary N) is 1. The van der Waals surface area contributed by atoms with E-state index in [9.17, 15) is 4.79 Å². The second-order valence-electron chi connectivity index (χ2n) is 4.54. The largest absolute Gasteiger partial charge is 0.300 e. The third kappa shape index (κ3) is 1.84. The van der Waals surface area contributed by atoms with E-state index in [4.69, 9.17) is 12.2 Å². The third-order valence-corrected chi connectivity index (χ3v) is 3.55. The van der Waals surface area contributed by atoms with E-state index < -0.39 is 5.92 Å². The Labute approximate surface area is 116 Å². The summed E-state index contributed by atoms with van der Waals surface area (Å²) in [6.07, 6.45) is 1.59. The number of rotatable bonds is 1. The highest BCUT2D eigenvalue weighted by molar-refractivity contribution is 7.80. The predicted octanol–water partition coefficient (Wildman–Crippen LogP) is 1.54. The molecule has 0 radical (unpaired) electrons. The van der Waals surface area contributed by atoms with Gasteiger partial charge in [-0.2, -0.15) is 5.10 Å². The summed E-state index contributed by atoms with van der Waals surface area (Å²) in [6, 6.07) is 5.96. The van der Waals surface area contributed by atoms with Crippen molar-refractivity contribution in [2.75, 3.05) is 5.01 Å². The molecular formula is C13H12N4OS. The minimum Gasteiger partial charge on any atom is -0.300 e. The van der Waals surface area contributed by atoms with Gasteiger partial charge in [0, 0.05) is 6.21 Å². The molecule has 2 aliphatic rings. The maximum atomic E-state index is 11.8. The first kappa shape index (κ1) is 12.0. The van der Waals surface area contributed by atoms with Crippen LogP contribution in [0.1, 0.15) is 11.1 Å². The highest BCUT2D eigenvalue weighted by Gasteiger charge is 2.37. The average Bonchev–Trinajstić information content (AvgIpc) is 2.76. The average molecular weight is 272 g/mol. The molecular weight excluding hydrogens is 260 g/mol. The summed E-state index contributed by atoms with van der Waals surface area (Å²) in [6.45, 7) is 4.06. The Bertz CT molecular complexity index is 650. The Kier molecular flexibility index (Phi) is 2.67. The lowest BCUT2D eigenvalue weighted by Crippen LogP contribution is -2.45. The molecule has 1 unspecified atom stereocenters. The van der Waals surface area contributed by atoms with Crippen LogP contribution < -0.4 is 10.3 Å². The molecule has 1 amide bonds. The van der Waals surface area contributed by atoms with Gasteiger partial charge in [0.15, 0.2) is 5.84 Å². The number of hydrogen-bond acceptors (Lipinski definition) is 4. The Balaban J connectivity index is 2.08. The van der Waals surface area contributed by atoms with Crippen LogP contribution in [0.4, 0.5) is 5.69 Å². The summed E-state index contributed by atoms with van der Waals surface area (Å²) in [5, 5.41) is 8.71. The normalized spacial score (nSPS) is 21.3. The van der Waals surface area contributed by atoms with E-state index >= 15 is 0 Å². The van der Waals surface area contributed by atoms with Crippen molar-refractivity contribution in [1.29, 1.82) is 0 Å². The summed E-state index contributed by atoms with van der Waals surface area (Å²) in [4.78, 5) is 16.1. The van der Waals surface area contributed by atoms with Crippen LogP contribution in [0.3, 0.4) is 0 Å². The van der Waals surface area contributed by atoms with Gasteiger partial charge < -0.3 is 5.32 Å². The van der Waals surface area contributed by atoms with Gasteiger partial charge in [0.05, 0.1) is 5.69 Å². The molecule has 0 aromatic heterocycles. The first-order valence-corrected chi connectivity index (χ1v) is 6.32. The SMILES string of the molecule is Cc1cccc(N2N=CC3C(=O)NC(=S)N=C32)c1C. The van der Waals surface area contributed by atoms with E-state index in [2.05, 4.69) is 15.4 Å². The molecule has 0 bridgehead atoms. The molecule has 1 aromatic carbocycles. The van der Waals surface area contributed by atoms with Crippen molar-refractivity contribution < 1.29 is 4.79 Å². The van der Waals surface area contributed by atoms with Gasteiger partial charge in [0.2, 0.25) is 11.0 Å². The lowest BCUT2D eigenvalue weighted by atomic mass is 10.1. The first-order chi connectivity index (χ1) is 9.08. The number of benzene rings is 1. The van der Waals surface area contributed by atoms with Crippen molar-refractivity contribution in [3.63, 3.8) is 0 Å². The molecule has 5 nitrogen and oxygen atoms in total. The third-order valence-electron chi connectivity index (χ3n) is 3.36. The Hall–Kier alpha value is -2.08. The van der Waals surface area contributed by atoms with Gasteiger partial charge in [-0.3, -0.25) is 4.79 Å². The fourth-order valence-electron chi connectivity index (χ4n) is 2.16. The van der Waals surface area contributed by atoms with E-state index in [-0.39, 0.29) is 11.0 Å². The van der Waals surface area contributed by atoms with Gasteiger partial charge in [0.1, 0.15) is 5.92 Å². The number of hydrazone groups is 1. The van der Waals surface area contributed by atoms with Gasteiger partial charge >= 0.3 is 0 Å². The fourth-order valence-corrected chi connectivity index (χ4v) is 2.35. The number of fused-ring (bicyclic) bond motifs is 1. The van der Waals surface area contributed by atoms with Crippen molar-refractivity contribution in [3.8, 4) is 0 Å². The highest BCUT2D eigenvalue weighted by atomic mass is 32.1. The van der Waals surface area contributed by atoms with E-state index in [1.807, 2.05) is 32.0 Å². The maximum absolute atomic E-state index is 11.8. The Morgan fingerprint density at radius 2 is 2.16 bits per heavy atom. The molecule has 0 saturated heterocycles. The quantitative estimate of drug-likeness (QED) is 0.789. The number of amides is 1. The molecule has 1 N–H and O–H groups in total. The highest BCUT2D eigenvalue weighted by Crippen LogP contribution is 2.28. The molecule has 3 rings (SSSR count). The fraction of sp³-hybridized carbons (Fsp3) is 0.231. The number of amidine groups is 1. The summed E-state index contributed by atoms with van der Waals surface area (Å²) in [7, 11) is 0. The standard InChI is InChI=1S/C13H12N4OS/c1-7-4-3-5-10(8(7)2)17-11-9(6-14-17)12(18)16-13(19)15-11/h3-6,9H,1-2H3,(H,16,18,19). The number of anilines is 1. The van der Waals surface area contributed by atoms with Gasteiger partial charge in [-0.1, -0.05) is 12.1 Å². The molecule has 2 heterocycles. The van der Waals surface area contributed by atoms with Crippen molar-refractivity contribution in [2.24, 2.45) is 16.0 Å². The Morgan fingerprint density at radius 3 is 2.95 bits per heavy atom. The second-order valence-corrected chi connectivity index (χ2v) is 4.92. The first-order valence-electron chi connectivity index (χ1n) is 5.92. The molecule has 6 heteroatoms. The monoisotopic (exact) mass is 272 g/mol. The van der Waals surface area contributed by atoms with Crippen molar-refractivity contribution >= 4 is 41.0 Å². The van der Waals surface area contributed by atoms with E-state index in [1.54, 1.807) is 11.2 Å². The van der Waals surface area contributed by atoms with Crippen LogP contribution in [0.15, 0.2) is 28.3 Å². The lowest BCUT2D eigenvalue weighted by molar-refractivity contribution is -0.120. The smallest absolute Gasteiger partial charge is 0.242 e. The summed E-state index contributed by atoms with van der Waals surface area (Å²) in [5.41, 5.74) is 3.20. The molecule has 0 saturated carbocycles. The number of carbonyl (C=O) groups excluding carboxylic acids is 1. The maximum Gasteiger partial charge on any atom is 0.242 e. The molecule has 0 spiro atoms. The lowest BCUT2D eigenvalue weighted by Gasteiger charge is -2.23. The number of aliphatic imine (C=N–C) groups is 1. The molecule has 0 fully saturated rings. The summed E-state index contributed by atoms with van der Waals surface area (Å²) in [5.74, 6) is -0.0550. The molecule has 96 valence electrons. The molecule has 1 atom stereocenters. The van der Waals surface area contributed by atoms with Crippen LogP contribution in [0, 0.1) is 19.8 Å². The second kappa shape index (κ2) is 4.24. The molecule has 1 aromatic rings. The van der Waals surface area contributed by atoms with Crippen molar-refractivity contribution in [2.45, 2.75) is 13.8 Å². The molecule has 2 aliphatic heterocycles. The van der Waals surface area contributed by atoms with E-state index in [1.165, 1.54) is 5.56 Å². The van der Waals surface area contributed by atoms with Crippen molar-refractivity contribution in [1.82, 2.24) is 5.32 Å². The van der Waals surface area contributed by atoms with E-state index in [0.29, 0.717) is 5.84 Å². The number of carbonyl (C=O) groups is 1. The van der Waals surface area contributed by atoms with Gasteiger partial charge in [-0.25, -0.2) is 10.0 Å². The predicted molar refractivity (Wildman–Crippen MR) is 78.6 cm³/mol. The zero-order chi connectivity index (χ0) is 13.6. The number of thiocarbonyl (C=S) groups is 1. The van der Waals surface area contributed by atoms with Gasteiger partial charge in [-0.05, 0) is 43.3 Å². The number of nitrogens with zero attached hydrogens (tertiary/aromatic N) is 3. The Morgan fingerprint density at radius 1 is 1.37 bits per heavy atom. The van der Waals surface area contributed by atoms with Crippen LogP contribution in [-0.4, -0.2) is 23.1 Å². The minimum atomic E-state index is -0.452. The summed E-state index contributed by atoms with van der Waals surface area (Å²) >= 11 is 4.97. The van der Waals surface area contributed by atoms with Gasteiger partial charge in [-0.15, -0.1) is 0 Å². The zero-order valence-electron chi connectivity index (χ0n) is 10.5. The minimum absolute atomic E-state index is 0.174. The van der Waals surface area contributed by atoms with Crippen LogP contribution in [-0.2, 0) is 4.79 Å². The van der Waals surface area contributed by atoms with Crippen LogP contribution >= 0.6 is 12.2 Å². The van der Waals surface area contributed by atoms with Crippen LogP contribution in [0.25, 0.3) is 0 Å². The van der Waals surface area contributed by atoms with E-state index in [0.717, 1.165) is 11.3 Å². The van der Waals surface area contributed by atoms with Crippen molar-refractivity contribution in [3.05, 3.63) is 29.3 Å². The zero-order valence-corrected chi connectivity index (χ0v) is 11.4.